The molecule has 0 amide bonds. The summed E-state index contributed by atoms with van der Waals surface area (Å²) in [6.07, 6.45) is 0. The second kappa shape index (κ2) is 5.18. The number of aromatic carboxylic acids is 1. The lowest BCUT2D eigenvalue weighted by Crippen LogP contribution is -1.92. The molecule has 3 N–H and O–H groups in total. The summed E-state index contributed by atoms with van der Waals surface area (Å²) in [7, 11) is 0. The van der Waals surface area contributed by atoms with Crippen LogP contribution in [0.15, 0.2) is 45.7 Å². The summed E-state index contributed by atoms with van der Waals surface area (Å²) >= 11 is 1.59. The molecule has 94 valence electrons. The largest absolute Gasteiger partial charge is 0.475 e. The molecule has 1 unspecified atom stereocenters. The third-order valence-corrected chi connectivity index (χ3v) is 3.56. The monoisotopic (exact) mass is 263 g/mol. The van der Waals surface area contributed by atoms with Gasteiger partial charge in [0.2, 0.25) is 5.76 Å². The molecule has 1 aromatic carbocycles. The fourth-order valence-corrected chi connectivity index (χ4v) is 2.44. The lowest BCUT2D eigenvalue weighted by atomic mass is 10.3. The normalized spacial score (nSPS) is 12.3. The van der Waals surface area contributed by atoms with Gasteiger partial charge < -0.3 is 15.3 Å². The summed E-state index contributed by atoms with van der Waals surface area (Å²) in [6, 6.07) is 10.7. The Bertz CT molecular complexity index is 548. The van der Waals surface area contributed by atoms with Crippen molar-refractivity contribution in [1.29, 1.82) is 0 Å². The molecule has 0 radical (unpaired) electrons. The number of furan rings is 1. The average molecular weight is 263 g/mol. The Balaban J connectivity index is 2.09. The number of carbonyl (C=O) groups is 1. The zero-order valence-electron chi connectivity index (χ0n) is 9.79. The van der Waals surface area contributed by atoms with E-state index >= 15 is 0 Å². The fourth-order valence-electron chi connectivity index (χ4n) is 1.49. The zero-order chi connectivity index (χ0) is 13.1. The molecule has 4 nitrogen and oxygen atoms in total. The Kier molecular flexibility index (Phi) is 3.62. The van der Waals surface area contributed by atoms with Crippen molar-refractivity contribution in [2.45, 2.75) is 17.1 Å². The number of hydrogen-bond donors (Lipinski definition) is 2. The SMILES string of the molecule is CC(Sc1ccc(N)cc1)c1ccc(C(=O)O)o1. The van der Waals surface area contributed by atoms with E-state index in [-0.39, 0.29) is 11.0 Å². The van der Waals surface area contributed by atoms with Crippen molar-refractivity contribution in [1.82, 2.24) is 0 Å². The Morgan fingerprint density at radius 2 is 1.94 bits per heavy atom. The first-order valence-electron chi connectivity index (χ1n) is 5.41. The van der Waals surface area contributed by atoms with Crippen LogP contribution in [0.1, 0.15) is 28.5 Å². The number of hydrogen-bond acceptors (Lipinski definition) is 4. The summed E-state index contributed by atoms with van der Waals surface area (Å²) in [5, 5.41) is 8.83. The van der Waals surface area contributed by atoms with Gasteiger partial charge in [0.15, 0.2) is 0 Å². The first-order valence-corrected chi connectivity index (χ1v) is 6.29. The minimum absolute atomic E-state index is 0.0326. The Hall–Kier alpha value is -1.88. The predicted molar refractivity (Wildman–Crippen MR) is 70.8 cm³/mol. The highest BCUT2D eigenvalue weighted by molar-refractivity contribution is 7.99. The van der Waals surface area contributed by atoms with E-state index in [0.29, 0.717) is 5.76 Å². The molecule has 0 aliphatic heterocycles. The van der Waals surface area contributed by atoms with Crippen molar-refractivity contribution in [2.24, 2.45) is 0 Å². The topological polar surface area (TPSA) is 76.5 Å². The number of nitrogens with two attached hydrogens (primary N) is 1. The summed E-state index contributed by atoms with van der Waals surface area (Å²) in [5.41, 5.74) is 6.33. The predicted octanol–water partition coefficient (Wildman–Crippen LogP) is 3.41. The molecular weight excluding hydrogens is 250 g/mol. The Labute approximate surface area is 109 Å². The molecule has 0 saturated carbocycles. The second-order valence-electron chi connectivity index (χ2n) is 3.84. The molecule has 1 aromatic heterocycles. The maximum atomic E-state index is 10.7. The maximum absolute atomic E-state index is 10.7. The molecule has 0 saturated heterocycles. The van der Waals surface area contributed by atoms with E-state index in [4.69, 9.17) is 15.3 Å². The van der Waals surface area contributed by atoms with Gasteiger partial charge in [0.25, 0.3) is 0 Å². The first kappa shape index (κ1) is 12.6. The quantitative estimate of drug-likeness (QED) is 0.653. The molecule has 0 spiro atoms. The number of anilines is 1. The molecule has 0 aliphatic carbocycles. The van der Waals surface area contributed by atoms with Crippen molar-refractivity contribution >= 4 is 23.4 Å². The van der Waals surface area contributed by atoms with Gasteiger partial charge in [0.05, 0.1) is 5.25 Å². The third kappa shape index (κ3) is 2.87. The van der Waals surface area contributed by atoms with E-state index in [0.717, 1.165) is 10.6 Å². The fraction of sp³-hybridized carbons (Fsp3) is 0.154. The zero-order valence-corrected chi connectivity index (χ0v) is 10.6. The highest BCUT2D eigenvalue weighted by Crippen LogP contribution is 2.35. The van der Waals surface area contributed by atoms with Gasteiger partial charge in [-0.15, -0.1) is 11.8 Å². The summed E-state index contributed by atoms with van der Waals surface area (Å²) in [4.78, 5) is 11.8. The van der Waals surface area contributed by atoms with E-state index in [2.05, 4.69) is 0 Å². The lowest BCUT2D eigenvalue weighted by molar-refractivity contribution is 0.0660. The van der Waals surface area contributed by atoms with Crippen LogP contribution in [0.5, 0.6) is 0 Å². The van der Waals surface area contributed by atoms with Crippen molar-refractivity contribution < 1.29 is 14.3 Å². The van der Waals surface area contributed by atoms with E-state index in [9.17, 15) is 4.79 Å². The van der Waals surface area contributed by atoms with Gasteiger partial charge in [-0.3, -0.25) is 0 Å². The molecule has 5 heteroatoms. The molecule has 0 aliphatic rings. The van der Waals surface area contributed by atoms with Crippen LogP contribution < -0.4 is 5.73 Å². The van der Waals surface area contributed by atoms with Crippen LogP contribution >= 0.6 is 11.8 Å². The van der Waals surface area contributed by atoms with Crippen LogP contribution in [0.2, 0.25) is 0 Å². The van der Waals surface area contributed by atoms with Crippen LogP contribution in [0.25, 0.3) is 0 Å². The standard InChI is InChI=1S/C13H13NO3S/c1-8(11-6-7-12(17-11)13(15)16)18-10-4-2-9(14)3-5-10/h2-8H,14H2,1H3,(H,15,16). The van der Waals surface area contributed by atoms with E-state index in [1.54, 1.807) is 17.8 Å². The molecule has 18 heavy (non-hydrogen) atoms. The molecule has 0 fully saturated rings. The van der Waals surface area contributed by atoms with Crippen LogP contribution in [0.4, 0.5) is 5.69 Å². The van der Waals surface area contributed by atoms with Crippen LogP contribution in [-0.2, 0) is 0 Å². The molecular formula is C13H13NO3S. The number of carboxylic acid groups (broad SMARTS) is 1. The van der Waals surface area contributed by atoms with Crippen LogP contribution in [0, 0.1) is 0 Å². The molecule has 2 rings (SSSR count). The van der Waals surface area contributed by atoms with Crippen molar-refractivity contribution in [3.05, 3.63) is 47.9 Å². The van der Waals surface area contributed by atoms with Gasteiger partial charge in [-0.05, 0) is 43.3 Å². The van der Waals surface area contributed by atoms with Crippen molar-refractivity contribution in [2.75, 3.05) is 5.73 Å². The molecule has 1 atom stereocenters. The number of nitrogen functional groups attached to an aromatic ring is 1. The molecule has 2 aromatic rings. The number of rotatable bonds is 4. The van der Waals surface area contributed by atoms with Crippen molar-refractivity contribution in [3.63, 3.8) is 0 Å². The van der Waals surface area contributed by atoms with E-state index in [1.165, 1.54) is 6.07 Å². The highest BCUT2D eigenvalue weighted by atomic mass is 32.2. The van der Waals surface area contributed by atoms with Crippen LogP contribution in [0.3, 0.4) is 0 Å². The number of carboxylic acids is 1. The summed E-state index contributed by atoms with van der Waals surface area (Å²) in [5.74, 6) is -0.435. The van der Waals surface area contributed by atoms with E-state index in [1.807, 2.05) is 31.2 Å². The van der Waals surface area contributed by atoms with Gasteiger partial charge >= 0.3 is 5.97 Å². The van der Waals surface area contributed by atoms with Crippen molar-refractivity contribution in [3.8, 4) is 0 Å². The average Bonchev–Trinajstić information content (AvgIpc) is 2.81. The Morgan fingerprint density at radius 3 is 2.50 bits per heavy atom. The van der Waals surface area contributed by atoms with E-state index < -0.39 is 5.97 Å². The summed E-state index contributed by atoms with van der Waals surface area (Å²) in [6.45, 7) is 1.96. The van der Waals surface area contributed by atoms with Gasteiger partial charge in [0, 0.05) is 10.6 Å². The minimum Gasteiger partial charge on any atom is -0.475 e. The molecule has 0 bridgehead atoms. The maximum Gasteiger partial charge on any atom is 0.371 e. The Morgan fingerprint density at radius 1 is 1.28 bits per heavy atom. The van der Waals surface area contributed by atoms with Gasteiger partial charge in [-0.2, -0.15) is 0 Å². The van der Waals surface area contributed by atoms with Gasteiger partial charge in [-0.25, -0.2) is 4.79 Å². The second-order valence-corrected chi connectivity index (χ2v) is 5.25. The highest BCUT2D eigenvalue weighted by Gasteiger charge is 2.15. The lowest BCUT2D eigenvalue weighted by Gasteiger charge is -2.08. The van der Waals surface area contributed by atoms with Crippen LogP contribution in [-0.4, -0.2) is 11.1 Å². The minimum atomic E-state index is -1.05. The third-order valence-electron chi connectivity index (χ3n) is 2.43. The first-order chi connectivity index (χ1) is 8.56. The molecule has 1 heterocycles. The number of thioether (sulfide) groups is 1. The smallest absolute Gasteiger partial charge is 0.371 e. The summed E-state index contributed by atoms with van der Waals surface area (Å²) < 4.78 is 5.26. The number of benzene rings is 1. The van der Waals surface area contributed by atoms with Gasteiger partial charge in [0.1, 0.15) is 5.76 Å². The van der Waals surface area contributed by atoms with Gasteiger partial charge in [-0.1, -0.05) is 0 Å².